The van der Waals surface area contributed by atoms with Gasteiger partial charge in [-0.15, -0.1) is 0 Å². The van der Waals surface area contributed by atoms with Crippen molar-refractivity contribution in [2.45, 2.75) is 9.96 Å². The van der Waals surface area contributed by atoms with Crippen molar-refractivity contribution in [1.82, 2.24) is 10.6 Å². The molecule has 0 aromatic heterocycles. The predicted molar refractivity (Wildman–Crippen MR) is 121 cm³/mol. The standard InChI is InChI=1S/C20H16Cl3N3OS/c21-20(22,23)18(26-19(28)24-14-9-2-1-3-10-14)25-17(27)16-12-6-8-13-7-4-5-11-15(13)16/h1-12,18H,(H,25,27)(H2,24,26,28)/t18-/m1/s1. The highest BCUT2D eigenvalue weighted by atomic mass is 35.6. The van der Waals surface area contributed by atoms with E-state index in [1.54, 1.807) is 12.1 Å². The van der Waals surface area contributed by atoms with Crippen LogP contribution in [0, 0.1) is 0 Å². The summed E-state index contributed by atoms with van der Waals surface area (Å²) in [5.41, 5.74) is 1.24. The number of carbonyl (C=O) groups excluding carboxylic acids is 1. The third-order valence-electron chi connectivity index (χ3n) is 3.94. The van der Waals surface area contributed by atoms with Gasteiger partial charge in [-0.2, -0.15) is 0 Å². The number of hydrogen-bond donors (Lipinski definition) is 3. The molecule has 1 amide bonds. The number of nitrogens with one attached hydrogen (secondary N) is 3. The number of alkyl halides is 3. The molecule has 0 radical (unpaired) electrons. The molecular formula is C20H16Cl3N3OS. The van der Waals surface area contributed by atoms with Crippen LogP contribution >= 0.6 is 47.0 Å². The van der Waals surface area contributed by atoms with E-state index in [0.29, 0.717) is 5.56 Å². The molecule has 3 aromatic rings. The van der Waals surface area contributed by atoms with Gasteiger partial charge in [-0.1, -0.05) is 89.4 Å². The van der Waals surface area contributed by atoms with E-state index in [9.17, 15) is 4.79 Å². The van der Waals surface area contributed by atoms with Gasteiger partial charge >= 0.3 is 0 Å². The van der Waals surface area contributed by atoms with Gasteiger partial charge in [0.2, 0.25) is 3.79 Å². The minimum absolute atomic E-state index is 0.209. The molecule has 3 rings (SSSR count). The molecule has 1 atom stereocenters. The van der Waals surface area contributed by atoms with Crippen LogP contribution in [-0.4, -0.2) is 21.0 Å². The van der Waals surface area contributed by atoms with Gasteiger partial charge in [-0.05, 0) is 41.2 Å². The molecule has 0 bridgehead atoms. The fourth-order valence-corrected chi connectivity index (χ4v) is 3.21. The zero-order chi connectivity index (χ0) is 20.1. The number of para-hydroxylation sites is 1. The maximum absolute atomic E-state index is 12.9. The van der Waals surface area contributed by atoms with Crippen molar-refractivity contribution in [1.29, 1.82) is 0 Å². The Balaban J connectivity index is 1.77. The number of anilines is 1. The molecule has 8 heteroatoms. The van der Waals surface area contributed by atoms with Crippen LogP contribution in [0.3, 0.4) is 0 Å². The summed E-state index contributed by atoms with van der Waals surface area (Å²) >= 11 is 23.5. The lowest BCUT2D eigenvalue weighted by molar-refractivity contribution is 0.0936. The molecule has 0 heterocycles. The van der Waals surface area contributed by atoms with Crippen LogP contribution < -0.4 is 16.0 Å². The van der Waals surface area contributed by atoms with Crippen molar-refractivity contribution in [2.24, 2.45) is 0 Å². The Morgan fingerprint density at radius 2 is 1.50 bits per heavy atom. The summed E-state index contributed by atoms with van der Waals surface area (Å²) in [5.74, 6) is -0.386. The summed E-state index contributed by atoms with van der Waals surface area (Å²) < 4.78 is -1.83. The average molecular weight is 453 g/mol. The molecular weight excluding hydrogens is 437 g/mol. The second kappa shape index (κ2) is 8.97. The number of hydrogen-bond acceptors (Lipinski definition) is 2. The predicted octanol–water partition coefficient (Wildman–Crippen LogP) is 5.25. The van der Waals surface area contributed by atoms with Crippen LogP contribution in [0.1, 0.15) is 10.4 Å². The van der Waals surface area contributed by atoms with Crippen LogP contribution in [0.25, 0.3) is 10.8 Å². The summed E-state index contributed by atoms with van der Waals surface area (Å²) in [5, 5.41) is 10.5. The maximum atomic E-state index is 12.9. The first-order chi connectivity index (χ1) is 13.3. The van der Waals surface area contributed by atoms with E-state index in [1.165, 1.54) is 0 Å². The number of carbonyl (C=O) groups is 1. The highest BCUT2D eigenvalue weighted by molar-refractivity contribution is 7.80. The fraction of sp³-hybridized carbons (Fsp3) is 0.100. The first-order valence-electron chi connectivity index (χ1n) is 8.32. The number of benzene rings is 3. The SMILES string of the molecule is O=C(N[C@H](NC(=S)Nc1ccccc1)C(Cl)(Cl)Cl)c1cccc2ccccc12. The normalized spacial score (nSPS) is 12.2. The van der Waals surface area contributed by atoms with E-state index in [4.69, 9.17) is 47.0 Å². The van der Waals surface area contributed by atoms with Gasteiger partial charge in [0, 0.05) is 11.3 Å². The Morgan fingerprint density at radius 1 is 0.857 bits per heavy atom. The van der Waals surface area contributed by atoms with E-state index < -0.39 is 9.96 Å². The van der Waals surface area contributed by atoms with Gasteiger partial charge in [0.15, 0.2) is 5.11 Å². The fourth-order valence-electron chi connectivity index (χ4n) is 2.65. The van der Waals surface area contributed by atoms with Gasteiger partial charge in [0.25, 0.3) is 5.91 Å². The molecule has 0 spiro atoms. The van der Waals surface area contributed by atoms with Gasteiger partial charge in [-0.3, -0.25) is 4.79 Å². The van der Waals surface area contributed by atoms with Crippen molar-refractivity contribution >= 4 is 74.5 Å². The zero-order valence-corrected chi connectivity index (χ0v) is 17.5. The minimum atomic E-state index is -1.83. The topological polar surface area (TPSA) is 53.2 Å². The number of fused-ring (bicyclic) bond motifs is 1. The number of halogens is 3. The van der Waals surface area contributed by atoms with Crippen LogP contribution in [0.15, 0.2) is 72.8 Å². The Hall–Kier alpha value is -2.05. The molecule has 0 fully saturated rings. The Morgan fingerprint density at radius 3 is 2.21 bits per heavy atom. The molecule has 28 heavy (non-hydrogen) atoms. The second-order valence-electron chi connectivity index (χ2n) is 5.94. The molecule has 3 N–H and O–H groups in total. The lowest BCUT2D eigenvalue weighted by atomic mass is 10.0. The highest BCUT2D eigenvalue weighted by Crippen LogP contribution is 2.29. The van der Waals surface area contributed by atoms with Crippen molar-refractivity contribution in [3.8, 4) is 0 Å². The largest absolute Gasteiger partial charge is 0.339 e. The smallest absolute Gasteiger partial charge is 0.253 e. The van der Waals surface area contributed by atoms with Crippen molar-refractivity contribution in [2.75, 3.05) is 5.32 Å². The molecule has 0 aliphatic carbocycles. The Bertz CT molecular complexity index is 987. The van der Waals surface area contributed by atoms with Crippen molar-refractivity contribution in [3.63, 3.8) is 0 Å². The molecule has 0 unspecified atom stereocenters. The van der Waals surface area contributed by atoms with Gasteiger partial charge < -0.3 is 16.0 Å². The van der Waals surface area contributed by atoms with Gasteiger partial charge in [0.1, 0.15) is 6.17 Å². The van der Waals surface area contributed by atoms with Crippen LogP contribution in [0.2, 0.25) is 0 Å². The van der Waals surface area contributed by atoms with E-state index in [2.05, 4.69) is 16.0 Å². The first kappa shape index (κ1) is 20.7. The molecule has 3 aromatic carbocycles. The van der Waals surface area contributed by atoms with Crippen LogP contribution in [-0.2, 0) is 0 Å². The van der Waals surface area contributed by atoms with Crippen molar-refractivity contribution in [3.05, 3.63) is 78.4 Å². The Kier molecular flexibility index (Phi) is 6.62. The zero-order valence-electron chi connectivity index (χ0n) is 14.5. The third-order valence-corrected chi connectivity index (χ3v) is 4.82. The molecule has 0 aliphatic rings. The summed E-state index contributed by atoms with van der Waals surface area (Å²) in [6, 6.07) is 22.3. The van der Waals surface area contributed by atoms with E-state index in [1.807, 2.05) is 60.7 Å². The second-order valence-corrected chi connectivity index (χ2v) is 8.72. The lowest BCUT2D eigenvalue weighted by Gasteiger charge is -2.28. The van der Waals surface area contributed by atoms with Crippen LogP contribution in [0.5, 0.6) is 0 Å². The average Bonchev–Trinajstić information content (AvgIpc) is 2.67. The monoisotopic (exact) mass is 451 g/mol. The molecule has 0 saturated heterocycles. The summed E-state index contributed by atoms with van der Waals surface area (Å²) in [6.45, 7) is 0. The highest BCUT2D eigenvalue weighted by Gasteiger charge is 2.35. The number of amides is 1. The summed E-state index contributed by atoms with van der Waals surface area (Å²) in [6.07, 6.45) is -1.05. The van der Waals surface area contributed by atoms with E-state index in [0.717, 1.165) is 16.5 Å². The molecule has 4 nitrogen and oxygen atoms in total. The summed E-state index contributed by atoms with van der Waals surface area (Å²) in [4.78, 5) is 12.9. The molecule has 0 aliphatic heterocycles. The maximum Gasteiger partial charge on any atom is 0.253 e. The minimum Gasteiger partial charge on any atom is -0.339 e. The number of rotatable bonds is 4. The van der Waals surface area contributed by atoms with Gasteiger partial charge in [-0.25, -0.2) is 0 Å². The Labute approximate surface area is 183 Å². The first-order valence-corrected chi connectivity index (χ1v) is 9.87. The third kappa shape index (κ3) is 5.26. The van der Waals surface area contributed by atoms with E-state index >= 15 is 0 Å². The molecule has 0 saturated carbocycles. The molecule has 144 valence electrons. The quantitative estimate of drug-likeness (QED) is 0.287. The van der Waals surface area contributed by atoms with Gasteiger partial charge in [0.05, 0.1) is 0 Å². The van der Waals surface area contributed by atoms with E-state index in [-0.39, 0.29) is 11.0 Å². The number of thiocarbonyl (C=S) groups is 1. The van der Waals surface area contributed by atoms with Crippen molar-refractivity contribution < 1.29 is 4.79 Å². The van der Waals surface area contributed by atoms with Crippen LogP contribution in [0.4, 0.5) is 5.69 Å². The summed E-state index contributed by atoms with van der Waals surface area (Å²) in [7, 11) is 0. The lowest BCUT2D eigenvalue weighted by Crippen LogP contribution is -2.56.